The molecule has 0 aliphatic carbocycles. The Labute approximate surface area is 172 Å². The van der Waals surface area contributed by atoms with Crippen molar-refractivity contribution in [3.63, 3.8) is 0 Å². The molecule has 0 radical (unpaired) electrons. The van der Waals surface area contributed by atoms with Gasteiger partial charge in [-0.15, -0.1) is 0 Å². The molecule has 1 N–H and O–H groups in total. The fourth-order valence-corrected chi connectivity index (χ4v) is 3.61. The van der Waals surface area contributed by atoms with Crippen LogP contribution < -0.4 is 5.32 Å². The highest BCUT2D eigenvalue weighted by molar-refractivity contribution is 5.74. The van der Waals surface area contributed by atoms with Crippen molar-refractivity contribution in [1.29, 1.82) is 0 Å². The molecule has 6 heteroatoms. The number of carbonyl (C=O) groups is 1. The van der Waals surface area contributed by atoms with Gasteiger partial charge in [-0.3, -0.25) is 4.98 Å². The molecule has 0 bridgehead atoms. The number of amides is 2. The van der Waals surface area contributed by atoms with Crippen molar-refractivity contribution < 1.29 is 4.79 Å². The number of hydrogen-bond donors (Lipinski definition) is 1. The van der Waals surface area contributed by atoms with Crippen LogP contribution in [-0.2, 0) is 19.6 Å². The molecular formula is C23H29N5O. The molecule has 29 heavy (non-hydrogen) atoms. The van der Waals surface area contributed by atoms with E-state index in [9.17, 15) is 4.79 Å². The van der Waals surface area contributed by atoms with Crippen molar-refractivity contribution in [2.45, 2.75) is 47.3 Å². The lowest BCUT2D eigenvalue weighted by Crippen LogP contribution is -2.39. The maximum absolute atomic E-state index is 12.6. The summed E-state index contributed by atoms with van der Waals surface area (Å²) in [5.74, 6) is 0.861. The molecule has 0 saturated heterocycles. The Morgan fingerprint density at radius 3 is 2.55 bits per heavy atom. The Balaban J connectivity index is 1.83. The maximum atomic E-state index is 12.6. The van der Waals surface area contributed by atoms with Gasteiger partial charge in [0.25, 0.3) is 0 Å². The normalized spacial score (nSPS) is 10.8. The van der Waals surface area contributed by atoms with Gasteiger partial charge in [-0.2, -0.15) is 0 Å². The zero-order valence-corrected chi connectivity index (χ0v) is 17.6. The third-order valence-corrected chi connectivity index (χ3v) is 5.01. The van der Waals surface area contributed by atoms with E-state index in [-0.39, 0.29) is 6.03 Å². The van der Waals surface area contributed by atoms with Gasteiger partial charge in [0.2, 0.25) is 0 Å². The number of urea groups is 1. The van der Waals surface area contributed by atoms with E-state index in [0.717, 1.165) is 17.9 Å². The zero-order chi connectivity index (χ0) is 20.8. The van der Waals surface area contributed by atoms with E-state index in [1.807, 2.05) is 25.3 Å². The number of rotatable bonds is 7. The van der Waals surface area contributed by atoms with Crippen LogP contribution in [0.25, 0.3) is 0 Å². The number of aromatic nitrogens is 3. The minimum absolute atomic E-state index is 0.103. The monoisotopic (exact) mass is 391 g/mol. The molecule has 0 aliphatic heterocycles. The predicted octanol–water partition coefficient (Wildman–Crippen LogP) is 3.98. The Hall–Kier alpha value is -3.15. The Morgan fingerprint density at radius 1 is 1.14 bits per heavy atom. The van der Waals surface area contributed by atoms with Gasteiger partial charge in [0, 0.05) is 44.4 Å². The van der Waals surface area contributed by atoms with Crippen molar-refractivity contribution >= 4 is 6.03 Å². The Kier molecular flexibility index (Phi) is 6.65. The van der Waals surface area contributed by atoms with Crippen molar-refractivity contribution in [2.24, 2.45) is 0 Å². The van der Waals surface area contributed by atoms with Gasteiger partial charge >= 0.3 is 6.03 Å². The van der Waals surface area contributed by atoms with Crippen LogP contribution in [0.3, 0.4) is 0 Å². The lowest BCUT2D eigenvalue weighted by molar-refractivity contribution is 0.190. The average Bonchev–Trinajstić information content (AvgIpc) is 3.12. The average molecular weight is 392 g/mol. The number of nitrogens with zero attached hydrogens (tertiary/aromatic N) is 4. The minimum atomic E-state index is -0.103. The molecule has 0 saturated carbocycles. The fourth-order valence-electron chi connectivity index (χ4n) is 3.61. The Bertz CT molecular complexity index is 941. The van der Waals surface area contributed by atoms with E-state index >= 15 is 0 Å². The van der Waals surface area contributed by atoms with Gasteiger partial charge < -0.3 is 14.8 Å². The molecule has 2 amide bonds. The predicted molar refractivity (Wildman–Crippen MR) is 115 cm³/mol. The van der Waals surface area contributed by atoms with E-state index in [2.05, 4.69) is 52.8 Å². The second-order valence-corrected chi connectivity index (χ2v) is 7.40. The molecular weight excluding hydrogens is 362 g/mol. The summed E-state index contributed by atoms with van der Waals surface area (Å²) in [6.07, 6.45) is 7.30. The smallest absolute Gasteiger partial charge is 0.318 e. The number of benzene rings is 1. The molecule has 0 fully saturated rings. The number of hydrogen-bond acceptors (Lipinski definition) is 3. The standard InChI is InChI=1S/C23H29N5O/c1-5-25-23(29)28(14-20-7-6-8-24-13-20)16-22-26-9-10-27(22)15-21-18(3)11-17(2)12-19(21)4/h6-13H,5,14-16H2,1-4H3,(H,25,29). The van der Waals surface area contributed by atoms with Crippen LogP contribution in [0.15, 0.2) is 49.1 Å². The highest BCUT2D eigenvalue weighted by Gasteiger charge is 2.17. The zero-order valence-electron chi connectivity index (χ0n) is 17.6. The van der Waals surface area contributed by atoms with E-state index < -0.39 is 0 Å². The van der Waals surface area contributed by atoms with Gasteiger partial charge in [0.1, 0.15) is 5.82 Å². The van der Waals surface area contributed by atoms with Crippen LogP contribution in [-0.4, -0.2) is 32.0 Å². The number of imidazole rings is 1. The fraction of sp³-hybridized carbons (Fsp3) is 0.348. The summed E-state index contributed by atoms with van der Waals surface area (Å²) in [5, 5.41) is 2.90. The molecule has 3 rings (SSSR count). The third kappa shape index (κ3) is 5.22. The SMILES string of the molecule is CCNC(=O)N(Cc1cccnc1)Cc1nccn1Cc1c(C)cc(C)cc1C. The molecule has 3 aromatic rings. The number of nitrogens with one attached hydrogen (secondary N) is 1. The van der Waals surface area contributed by atoms with E-state index in [1.54, 1.807) is 23.5 Å². The van der Waals surface area contributed by atoms with Gasteiger partial charge in [0.05, 0.1) is 6.54 Å². The lowest BCUT2D eigenvalue weighted by Gasteiger charge is -2.23. The first kappa shape index (κ1) is 20.6. The second-order valence-electron chi connectivity index (χ2n) is 7.40. The molecule has 2 heterocycles. The first-order chi connectivity index (χ1) is 14.0. The summed E-state index contributed by atoms with van der Waals surface area (Å²) < 4.78 is 2.13. The van der Waals surface area contributed by atoms with Crippen molar-refractivity contribution in [1.82, 2.24) is 24.8 Å². The van der Waals surface area contributed by atoms with Crippen LogP contribution in [0, 0.1) is 20.8 Å². The Morgan fingerprint density at radius 2 is 1.90 bits per heavy atom. The summed E-state index contributed by atoms with van der Waals surface area (Å²) in [6, 6.07) is 8.18. The van der Waals surface area contributed by atoms with Gasteiger partial charge in [-0.05, 0) is 56.0 Å². The van der Waals surface area contributed by atoms with Crippen molar-refractivity contribution in [2.75, 3.05) is 6.54 Å². The van der Waals surface area contributed by atoms with E-state index in [1.165, 1.54) is 22.3 Å². The van der Waals surface area contributed by atoms with E-state index in [4.69, 9.17) is 0 Å². The number of pyridine rings is 1. The second kappa shape index (κ2) is 9.37. The molecule has 0 spiro atoms. The van der Waals surface area contributed by atoms with Gasteiger partial charge in [0.15, 0.2) is 0 Å². The molecule has 2 aromatic heterocycles. The van der Waals surface area contributed by atoms with Crippen LogP contribution >= 0.6 is 0 Å². The molecule has 0 aliphatic rings. The highest BCUT2D eigenvalue weighted by Crippen LogP contribution is 2.19. The molecule has 0 atom stereocenters. The summed E-state index contributed by atoms with van der Waals surface area (Å²) >= 11 is 0. The molecule has 0 unspecified atom stereocenters. The third-order valence-electron chi connectivity index (χ3n) is 5.01. The topological polar surface area (TPSA) is 63.1 Å². The number of carbonyl (C=O) groups excluding carboxylic acids is 1. The minimum Gasteiger partial charge on any atom is -0.338 e. The quantitative estimate of drug-likeness (QED) is 0.662. The molecule has 1 aromatic carbocycles. The van der Waals surface area contributed by atoms with Crippen molar-refractivity contribution in [3.8, 4) is 0 Å². The van der Waals surface area contributed by atoms with Crippen LogP contribution in [0.1, 0.15) is 40.6 Å². The van der Waals surface area contributed by atoms with Crippen LogP contribution in [0.4, 0.5) is 4.79 Å². The first-order valence-corrected chi connectivity index (χ1v) is 9.96. The summed E-state index contributed by atoms with van der Waals surface area (Å²) in [5.41, 5.74) is 6.11. The van der Waals surface area contributed by atoms with Gasteiger partial charge in [-0.1, -0.05) is 23.8 Å². The highest BCUT2D eigenvalue weighted by atomic mass is 16.2. The first-order valence-electron chi connectivity index (χ1n) is 9.96. The summed E-state index contributed by atoms with van der Waals surface area (Å²) in [6.45, 7) is 10.6. The molecule has 6 nitrogen and oxygen atoms in total. The largest absolute Gasteiger partial charge is 0.338 e. The van der Waals surface area contributed by atoms with Crippen molar-refractivity contribution in [3.05, 3.63) is 82.7 Å². The summed E-state index contributed by atoms with van der Waals surface area (Å²) in [7, 11) is 0. The van der Waals surface area contributed by atoms with E-state index in [0.29, 0.717) is 19.6 Å². The lowest BCUT2D eigenvalue weighted by atomic mass is 10.00. The van der Waals surface area contributed by atoms with Crippen LogP contribution in [0.2, 0.25) is 0 Å². The maximum Gasteiger partial charge on any atom is 0.318 e. The van der Waals surface area contributed by atoms with Crippen LogP contribution in [0.5, 0.6) is 0 Å². The molecule has 152 valence electrons. The van der Waals surface area contributed by atoms with Gasteiger partial charge in [-0.25, -0.2) is 9.78 Å². The summed E-state index contributed by atoms with van der Waals surface area (Å²) in [4.78, 5) is 23.1. The number of aryl methyl sites for hydroxylation is 3.